The largest absolute Gasteiger partial charge is 0.543 e. The molecule has 0 spiro atoms. The molecule has 6 rings (SSSR count). The van der Waals surface area contributed by atoms with Crippen molar-refractivity contribution in [3.05, 3.63) is 89.0 Å². The van der Waals surface area contributed by atoms with Gasteiger partial charge in [0.1, 0.15) is 49.8 Å². The summed E-state index contributed by atoms with van der Waals surface area (Å²) in [6.07, 6.45) is 5.54. The molecule has 3 aromatic heterocycles. The number of pyridine rings is 1. The molecule has 3 N–H and O–H groups in total. The molecule has 2 amide bonds. The monoisotopic (exact) mass is 619 g/mol. The summed E-state index contributed by atoms with van der Waals surface area (Å²) in [7, 11) is 1.28. The highest BCUT2D eigenvalue weighted by Crippen LogP contribution is 2.40. The molecule has 1 saturated heterocycles. The highest BCUT2D eigenvalue weighted by molar-refractivity contribution is 8.00. The average molecular weight is 620 g/mol. The summed E-state index contributed by atoms with van der Waals surface area (Å²) >= 11 is 2.47. The van der Waals surface area contributed by atoms with Crippen LogP contribution in [0.4, 0.5) is 5.13 Å². The number of nitrogens with one attached hydrogen (secondary N) is 1. The smallest absolute Gasteiger partial charge is 0.329 e. The summed E-state index contributed by atoms with van der Waals surface area (Å²) in [6.45, 7) is 0.542. The number of imidazole rings is 1. The Morgan fingerprint density at radius 3 is 2.77 bits per heavy atom. The Morgan fingerprint density at radius 1 is 1.23 bits per heavy atom. The lowest BCUT2D eigenvalue weighted by Gasteiger charge is -2.50. The van der Waals surface area contributed by atoms with Crippen molar-refractivity contribution < 1.29 is 33.5 Å². The number of carbonyl (C=O) groups excluding carboxylic acids is 3. The number of fused-ring (bicyclic) bond motifs is 2. The van der Waals surface area contributed by atoms with E-state index < -0.39 is 29.2 Å². The topological polar surface area (TPSA) is 168 Å². The van der Waals surface area contributed by atoms with Gasteiger partial charge in [-0.05, 0) is 17.7 Å². The number of thiazole rings is 1. The van der Waals surface area contributed by atoms with Crippen molar-refractivity contribution in [3.63, 3.8) is 0 Å². The number of hydrogen-bond donors (Lipinski definition) is 2. The first-order valence-electron chi connectivity index (χ1n) is 13.0. The number of amides is 2. The van der Waals surface area contributed by atoms with Crippen LogP contribution in [0.15, 0.2) is 82.9 Å². The van der Waals surface area contributed by atoms with Gasteiger partial charge >= 0.3 is 5.65 Å². The summed E-state index contributed by atoms with van der Waals surface area (Å²) in [6, 6.07) is 12.5. The first-order chi connectivity index (χ1) is 20.9. The predicted octanol–water partition coefficient (Wildman–Crippen LogP) is 0.299. The van der Waals surface area contributed by atoms with Crippen molar-refractivity contribution >= 4 is 57.4 Å². The van der Waals surface area contributed by atoms with Crippen LogP contribution in [-0.4, -0.2) is 62.2 Å². The number of carbonyl (C=O) groups is 3. The van der Waals surface area contributed by atoms with Gasteiger partial charge in [-0.25, -0.2) is 9.55 Å². The van der Waals surface area contributed by atoms with Crippen LogP contribution >= 0.6 is 23.1 Å². The lowest BCUT2D eigenvalue weighted by Crippen LogP contribution is -2.71. The Hall–Kier alpha value is -4.89. The van der Waals surface area contributed by atoms with Crippen molar-refractivity contribution in [1.29, 1.82) is 0 Å². The number of carboxylic acids is 1. The minimum atomic E-state index is -1.47. The molecule has 43 heavy (non-hydrogen) atoms. The normalized spacial score (nSPS) is 18.3. The van der Waals surface area contributed by atoms with Crippen LogP contribution in [0.25, 0.3) is 5.65 Å². The van der Waals surface area contributed by atoms with E-state index in [1.165, 1.54) is 23.8 Å². The highest BCUT2D eigenvalue weighted by Gasteiger charge is 2.53. The van der Waals surface area contributed by atoms with Gasteiger partial charge in [-0.3, -0.25) is 14.5 Å². The molecule has 15 heteroatoms. The van der Waals surface area contributed by atoms with E-state index in [2.05, 4.69) is 15.5 Å². The summed E-state index contributed by atoms with van der Waals surface area (Å²) in [5, 5.41) is 19.9. The maximum atomic E-state index is 13.2. The van der Waals surface area contributed by atoms with Gasteiger partial charge in [0.25, 0.3) is 11.8 Å². The van der Waals surface area contributed by atoms with Crippen LogP contribution in [0.5, 0.6) is 5.75 Å². The summed E-state index contributed by atoms with van der Waals surface area (Å²) in [5.74, 6) is -1.83. The molecule has 0 saturated carbocycles. The van der Waals surface area contributed by atoms with Crippen molar-refractivity contribution in [2.45, 2.75) is 24.6 Å². The fourth-order valence-corrected chi connectivity index (χ4v) is 6.89. The number of rotatable bonds is 10. The van der Waals surface area contributed by atoms with E-state index in [0.29, 0.717) is 23.7 Å². The van der Waals surface area contributed by atoms with Crippen molar-refractivity contribution in [2.75, 3.05) is 18.6 Å². The number of carboxylic acid groups (broad SMARTS) is 1. The van der Waals surface area contributed by atoms with Gasteiger partial charge in [-0.2, -0.15) is 4.40 Å². The molecule has 2 aliphatic heterocycles. The fraction of sp³-hybridized carbons (Fsp3) is 0.214. The third-order valence-corrected chi connectivity index (χ3v) is 8.94. The SMILES string of the molecule is CO/N=C(\C(=O)N[C@@H]1C(=O)N2C(C(=O)[O-])=C(Cn3cc[n+]4cccc(OCc5ccccc5)c34)CS[C@@H]12)c1csc(N)n1. The lowest BCUT2D eigenvalue weighted by atomic mass is 10.0. The molecule has 0 aliphatic carbocycles. The minimum absolute atomic E-state index is 0.152. The molecule has 0 unspecified atom stereocenters. The van der Waals surface area contributed by atoms with Gasteiger partial charge in [-0.1, -0.05) is 35.5 Å². The summed E-state index contributed by atoms with van der Waals surface area (Å²) < 4.78 is 9.88. The van der Waals surface area contributed by atoms with Gasteiger partial charge < -0.3 is 30.5 Å². The number of nitrogens with two attached hydrogens (primary N) is 1. The molecule has 220 valence electrons. The zero-order valence-electron chi connectivity index (χ0n) is 22.7. The molecule has 2 aliphatic rings. The van der Waals surface area contributed by atoms with Gasteiger partial charge in [-0.15, -0.1) is 23.1 Å². The van der Waals surface area contributed by atoms with Gasteiger partial charge in [0.2, 0.25) is 5.75 Å². The quantitative estimate of drug-likeness (QED) is 0.110. The standard InChI is InChI=1S/C28H25N7O6S2/c1-40-32-20(18-15-43-28(29)30-18)23(36)31-21-25(37)35-22(27(38)39)17(14-42-26(21)35)12-34-11-10-33-9-5-8-19(24(33)34)41-13-16-6-3-2-4-7-16/h2-11,15,21,26H,12-14H2,1H3,(H3-,29,30,31,36,38,39)/b32-20-/t21-,26+/m1/s1. The highest BCUT2D eigenvalue weighted by atomic mass is 32.2. The third kappa shape index (κ3) is 5.39. The van der Waals surface area contributed by atoms with Gasteiger partial charge in [0, 0.05) is 16.7 Å². The predicted molar refractivity (Wildman–Crippen MR) is 155 cm³/mol. The Morgan fingerprint density at radius 2 is 2.05 bits per heavy atom. The molecule has 5 heterocycles. The first-order valence-corrected chi connectivity index (χ1v) is 15.0. The lowest BCUT2D eigenvalue weighted by molar-refractivity contribution is -0.511. The van der Waals surface area contributed by atoms with Crippen LogP contribution in [0.1, 0.15) is 11.3 Å². The van der Waals surface area contributed by atoms with Gasteiger partial charge in [0.15, 0.2) is 10.8 Å². The van der Waals surface area contributed by atoms with E-state index in [-0.39, 0.29) is 28.8 Å². The van der Waals surface area contributed by atoms with Crippen LogP contribution in [-0.2, 0) is 32.4 Å². The van der Waals surface area contributed by atoms with E-state index >= 15 is 0 Å². The Kier molecular flexibility index (Phi) is 7.73. The van der Waals surface area contributed by atoms with Crippen LogP contribution in [0.2, 0.25) is 0 Å². The van der Waals surface area contributed by atoms with E-state index in [4.69, 9.17) is 15.3 Å². The number of nitrogens with zero attached hydrogens (tertiary/aromatic N) is 5. The molecular formula is C28H25N7O6S2. The molecule has 2 atom stereocenters. The molecule has 0 radical (unpaired) electrons. The molecule has 13 nitrogen and oxygen atoms in total. The number of thioether (sulfide) groups is 1. The number of hydrogen-bond acceptors (Lipinski definition) is 11. The number of aromatic nitrogens is 3. The van der Waals surface area contributed by atoms with E-state index in [0.717, 1.165) is 22.5 Å². The summed E-state index contributed by atoms with van der Waals surface area (Å²) in [4.78, 5) is 48.6. The Labute approximate surface area is 253 Å². The van der Waals surface area contributed by atoms with E-state index in [1.54, 1.807) is 5.38 Å². The third-order valence-electron chi connectivity index (χ3n) is 6.93. The van der Waals surface area contributed by atoms with Gasteiger partial charge in [0.05, 0.1) is 17.9 Å². The van der Waals surface area contributed by atoms with Crippen molar-refractivity contribution in [3.8, 4) is 5.75 Å². The maximum Gasteiger partial charge on any atom is 0.329 e. The molecule has 4 aromatic rings. The van der Waals surface area contributed by atoms with Crippen LogP contribution < -0.4 is 25.3 Å². The number of oxime groups is 1. The Bertz CT molecular complexity index is 1780. The first kappa shape index (κ1) is 28.2. The average Bonchev–Trinajstić information content (AvgIpc) is 3.63. The van der Waals surface area contributed by atoms with E-state index in [9.17, 15) is 19.5 Å². The Balaban J connectivity index is 1.23. The molecule has 1 aromatic carbocycles. The minimum Gasteiger partial charge on any atom is -0.543 e. The summed E-state index contributed by atoms with van der Waals surface area (Å²) in [5.41, 5.74) is 7.76. The number of aliphatic carboxylic acids is 1. The van der Waals surface area contributed by atoms with Crippen molar-refractivity contribution in [1.82, 2.24) is 19.8 Å². The molecule has 0 bridgehead atoms. The maximum absolute atomic E-state index is 13.2. The second-order valence-electron chi connectivity index (χ2n) is 9.60. The number of benzene rings is 1. The van der Waals surface area contributed by atoms with E-state index in [1.807, 2.05) is 70.0 Å². The zero-order chi connectivity index (χ0) is 30.1. The number of β-lactam (4-membered cyclic amide) rings is 1. The van der Waals surface area contributed by atoms with Crippen molar-refractivity contribution in [2.24, 2.45) is 5.16 Å². The molecular weight excluding hydrogens is 594 g/mol. The second-order valence-corrected chi connectivity index (χ2v) is 11.6. The molecule has 1 fully saturated rings. The number of ether oxygens (including phenoxy) is 1. The van der Waals surface area contributed by atoms with Crippen LogP contribution in [0.3, 0.4) is 0 Å². The number of anilines is 1. The number of nitrogen functional groups attached to an aromatic ring is 1. The zero-order valence-corrected chi connectivity index (χ0v) is 24.3. The second kappa shape index (κ2) is 11.8. The fourth-order valence-electron chi connectivity index (χ4n) is 5.00. The van der Waals surface area contributed by atoms with Crippen LogP contribution in [0, 0.1) is 0 Å².